The lowest BCUT2D eigenvalue weighted by atomic mass is 9.99. The van der Waals surface area contributed by atoms with Gasteiger partial charge in [-0.2, -0.15) is 0 Å². The van der Waals surface area contributed by atoms with Gasteiger partial charge in [0.25, 0.3) is 5.91 Å². The molecule has 0 unspecified atom stereocenters. The zero-order valence-corrected chi connectivity index (χ0v) is 23.3. The van der Waals surface area contributed by atoms with Gasteiger partial charge in [0.2, 0.25) is 0 Å². The van der Waals surface area contributed by atoms with Crippen molar-refractivity contribution >= 4 is 28.7 Å². The number of halogens is 1. The van der Waals surface area contributed by atoms with Crippen LogP contribution in [0.1, 0.15) is 16.8 Å². The number of aromatic amines is 1. The van der Waals surface area contributed by atoms with Crippen molar-refractivity contribution in [1.82, 2.24) is 24.7 Å². The van der Waals surface area contributed by atoms with Crippen LogP contribution >= 0.6 is 0 Å². The van der Waals surface area contributed by atoms with E-state index in [2.05, 4.69) is 20.2 Å². The number of rotatable bonds is 6. The molecule has 4 aromatic rings. The average Bonchev–Trinajstić information content (AvgIpc) is 3.61. The zero-order valence-electron chi connectivity index (χ0n) is 23.3. The predicted octanol–water partition coefficient (Wildman–Crippen LogP) is 4.91. The first-order valence-electron chi connectivity index (χ1n) is 13.1. The van der Waals surface area contributed by atoms with Crippen molar-refractivity contribution in [2.75, 3.05) is 53.7 Å². The predicted molar refractivity (Wildman–Crippen MR) is 154 cm³/mol. The van der Waals surface area contributed by atoms with Crippen LogP contribution in [0.15, 0.2) is 54.9 Å². The Morgan fingerprint density at radius 2 is 1.88 bits per heavy atom. The number of carbonyl (C=O) groups excluding carboxylic acids is 2. The van der Waals surface area contributed by atoms with E-state index < -0.39 is 17.8 Å². The molecule has 3 heterocycles. The Morgan fingerprint density at radius 3 is 2.58 bits per heavy atom. The van der Waals surface area contributed by atoms with Crippen molar-refractivity contribution in [1.29, 1.82) is 0 Å². The van der Waals surface area contributed by atoms with Crippen LogP contribution < -0.4 is 10.1 Å². The summed E-state index contributed by atoms with van der Waals surface area (Å²) in [6.45, 7) is 1.09. The lowest BCUT2D eigenvalue weighted by Gasteiger charge is -2.22. The number of benzene rings is 2. The molecule has 0 aliphatic carbocycles. The Hall–Kier alpha value is -4.44. The van der Waals surface area contributed by atoms with Crippen LogP contribution in [0.3, 0.4) is 0 Å². The summed E-state index contributed by atoms with van der Waals surface area (Å²) in [4.78, 5) is 39.0. The fourth-order valence-electron chi connectivity index (χ4n) is 5.09. The van der Waals surface area contributed by atoms with Crippen LogP contribution in [-0.2, 0) is 0 Å². The molecule has 2 aromatic carbocycles. The van der Waals surface area contributed by atoms with Crippen molar-refractivity contribution < 1.29 is 18.7 Å². The topological polar surface area (TPSA) is 93.8 Å². The van der Waals surface area contributed by atoms with Gasteiger partial charge in [0, 0.05) is 67.7 Å². The van der Waals surface area contributed by atoms with Gasteiger partial charge in [-0.15, -0.1) is 0 Å². The van der Waals surface area contributed by atoms with E-state index in [9.17, 15) is 9.59 Å². The number of hydrogen-bond acceptors (Lipinski definition) is 5. The number of anilines is 1. The van der Waals surface area contributed by atoms with Gasteiger partial charge >= 0.3 is 6.03 Å². The average molecular weight is 545 g/mol. The van der Waals surface area contributed by atoms with Crippen LogP contribution in [0.5, 0.6) is 5.75 Å². The number of methoxy groups -OCH3 is 1. The van der Waals surface area contributed by atoms with E-state index in [0.717, 1.165) is 22.9 Å². The fraction of sp³-hybridized carbons (Fsp3) is 0.300. The number of H-pyrrole nitrogens is 1. The molecule has 0 saturated carbocycles. The molecule has 2 N–H and O–H groups in total. The first-order valence-corrected chi connectivity index (χ1v) is 13.1. The molecule has 1 aliphatic heterocycles. The minimum Gasteiger partial charge on any atom is -0.496 e. The molecular weight excluding hydrogens is 511 g/mol. The van der Waals surface area contributed by atoms with E-state index in [1.165, 1.54) is 11.0 Å². The summed E-state index contributed by atoms with van der Waals surface area (Å²) >= 11 is 0. The molecule has 0 spiro atoms. The van der Waals surface area contributed by atoms with Crippen LogP contribution in [0, 0.1) is 5.82 Å². The van der Waals surface area contributed by atoms with Crippen LogP contribution in [0.25, 0.3) is 33.3 Å². The Bertz CT molecular complexity index is 1580. The molecule has 0 bridgehead atoms. The maximum Gasteiger partial charge on any atom is 0.321 e. The van der Waals surface area contributed by atoms with Crippen molar-refractivity contribution in [3.05, 3.63) is 66.2 Å². The van der Waals surface area contributed by atoms with Crippen molar-refractivity contribution in [2.24, 2.45) is 0 Å². The van der Waals surface area contributed by atoms with Gasteiger partial charge < -0.3 is 29.7 Å². The smallest absolute Gasteiger partial charge is 0.321 e. The number of pyridine rings is 1. The third-order valence-electron chi connectivity index (χ3n) is 7.40. The maximum atomic E-state index is 15.7. The van der Waals surface area contributed by atoms with Gasteiger partial charge in [0.1, 0.15) is 17.2 Å². The summed E-state index contributed by atoms with van der Waals surface area (Å²) in [5, 5.41) is 3.50. The number of ether oxygens (including phenoxy) is 1. The molecule has 0 radical (unpaired) electrons. The highest BCUT2D eigenvalue weighted by Gasteiger charge is 2.29. The summed E-state index contributed by atoms with van der Waals surface area (Å²) in [7, 11) is 8.74. The molecule has 2 aromatic heterocycles. The summed E-state index contributed by atoms with van der Waals surface area (Å²) < 4.78 is 21.3. The molecule has 40 heavy (non-hydrogen) atoms. The standard InChI is InChI=1S/C30H33FN6O3/c1-35(2)20-10-11-37(17-20)30(39)34-27-23(29(38)36(3)4)12-18(14-25(27)31)19-13-22-24(16-33-28(22)32-15-19)21-8-6-7-9-26(21)40-5/h6-9,12-16,20H,10-11,17H2,1-5H3,(H,32,33)(H,34,39)/t20-/m0/s1. The van der Waals surface area contributed by atoms with Gasteiger partial charge in [0.15, 0.2) is 0 Å². The normalized spacial score (nSPS) is 15.1. The van der Waals surface area contributed by atoms with Crippen molar-refractivity contribution in [3.63, 3.8) is 0 Å². The molecule has 1 fully saturated rings. The number of amides is 3. The van der Waals surface area contributed by atoms with Gasteiger partial charge in [-0.1, -0.05) is 18.2 Å². The SMILES string of the molecule is COc1ccccc1-c1c[nH]c2ncc(-c3cc(F)c(NC(=O)N4CC[C@H](N(C)C)C4)c(C(=O)N(C)C)c3)cc12. The van der Waals surface area contributed by atoms with Gasteiger partial charge in [-0.25, -0.2) is 14.2 Å². The van der Waals surface area contributed by atoms with Crippen LogP contribution in [0.4, 0.5) is 14.9 Å². The molecule has 5 rings (SSSR count). The number of fused-ring (bicyclic) bond motifs is 1. The molecule has 9 nitrogen and oxygen atoms in total. The fourth-order valence-corrected chi connectivity index (χ4v) is 5.09. The summed E-state index contributed by atoms with van der Waals surface area (Å²) in [6, 6.07) is 12.3. The number of urea groups is 1. The lowest BCUT2D eigenvalue weighted by molar-refractivity contribution is 0.0828. The maximum absolute atomic E-state index is 15.7. The Labute approximate surface area is 232 Å². The molecule has 1 aliphatic rings. The van der Waals surface area contributed by atoms with E-state index in [1.807, 2.05) is 50.6 Å². The first-order chi connectivity index (χ1) is 19.2. The number of carbonyl (C=O) groups is 2. The molecule has 1 saturated heterocycles. The minimum atomic E-state index is -0.696. The monoisotopic (exact) mass is 544 g/mol. The Balaban J connectivity index is 1.54. The highest BCUT2D eigenvalue weighted by molar-refractivity contribution is 6.05. The third-order valence-corrected chi connectivity index (χ3v) is 7.40. The Kier molecular flexibility index (Phi) is 7.44. The number of hydrogen-bond donors (Lipinski definition) is 2. The lowest BCUT2D eigenvalue weighted by Crippen LogP contribution is -2.37. The highest BCUT2D eigenvalue weighted by Crippen LogP contribution is 2.37. The van der Waals surface area contributed by atoms with Crippen molar-refractivity contribution in [2.45, 2.75) is 12.5 Å². The molecule has 208 valence electrons. The number of nitrogens with zero attached hydrogens (tertiary/aromatic N) is 4. The molecule has 1 atom stereocenters. The van der Waals surface area contributed by atoms with Crippen LogP contribution in [-0.4, -0.2) is 91.0 Å². The number of nitrogens with one attached hydrogen (secondary N) is 2. The molecular formula is C30H33FN6O3. The van der Waals surface area contributed by atoms with E-state index in [1.54, 1.807) is 38.4 Å². The Morgan fingerprint density at radius 1 is 1.10 bits per heavy atom. The van der Waals surface area contributed by atoms with Crippen LogP contribution in [0.2, 0.25) is 0 Å². The number of aromatic nitrogens is 2. The largest absolute Gasteiger partial charge is 0.496 e. The highest BCUT2D eigenvalue weighted by atomic mass is 19.1. The van der Waals surface area contributed by atoms with Crippen molar-refractivity contribution in [3.8, 4) is 28.0 Å². The first kappa shape index (κ1) is 27.1. The summed E-state index contributed by atoms with van der Waals surface area (Å²) in [5.41, 5.74) is 3.47. The second-order valence-electron chi connectivity index (χ2n) is 10.4. The molecule has 10 heteroatoms. The second-order valence-corrected chi connectivity index (χ2v) is 10.4. The zero-order chi connectivity index (χ0) is 28.6. The van der Waals surface area contributed by atoms with E-state index in [-0.39, 0.29) is 17.3 Å². The van der Waals surface area contributed by atoms with Gasteiger partial charge in [-0.05, 0) is 50.3 Å². The number of para-hydroxylation sites is 1. The minimum absolute atomic E-state index is 0.0656. The summed E-state index contributed by atoms with van der Waals surface area (Å²) in [5.74, 6) is -0.402. The quantitative estimate of drug-likeness (QED) is 0.360. The van der Waals surface area contributed by atoms with E-state index in [0.29, 0.717) is 35.6 Å². The van der Waals surface area contributed by atoms with Gasteiger partial charge in [0.05, 0.1) is 18.4 Å². The second kappa shape index (κ2) is 11.0. The van der Waals surface area contributed by atoms with E-state index in [4.69, 9.17) is 4.74 Å². The number of likely N-dealkylation sites (tertiary alicyclic amines) is 1. The summed E-state index contributed by atoms with van der Waals surface area (Å²) in [6.07, 6.45) is 4.32. The van der Waals surface area contributed by atoms with Gasteiger partial charge in [-0.3, -0.25) is 4.79 Å². The number of likely N-dealkylation sites (N-methyl/N-ethyl adjacent to an activating group) is 1. The molecule has 3 amide bonds. The van der Waals surface area contributed by atoms with E-state index >= 15 is 4.39 Å². The third kappa shape index (κ3) is 5.10.